The molecule has 0 radical (unpaired) electrons. The molecule has 62 heavy (non-hydrogen) atoms. The van der Waals surface area contributed by atoms with E-state index in [-0.39, 0.29) is 0 Å². The average molecular weight is 785 g/mol. The van der Waals surface area contributed by atoms with Crippen LogP contribution in [0.4, 0.5) is 0 Å². The lowest BCUT2D eigenvalue weighted by atomic mass is 9.95. The summed E-state index contributed by atoms with van der Waals surface area (Å²) in [6, 6.07) is 81.1. The summed E-state index contributed by atoms with van der Waals surface area (Å²) in [5, 5.41) is 20.3. The summed E-state index contributed by atoms with van der Waals surface area (Å²) in [4.78, 5) is 0. The first-order valence-corrected chi connectivity index (χ1v) is 21.5. The molecule has 0 aliphatic rings. The molecule has 0 aliphatic heterocycles. The van der Waals surface area contributed by atoms with Crippen LogP contribution in [0.25, 0.3) is 131 Å². The minimum absolute atomic E-state index is 1.20. The molecule has 0 saturated heterocycles. The van der Waals surface area contributed by atoms with Crippen LogP contribution in [0.15, 0.2) is 218 Å². The zero-order valence-electron chi connectivity index (χ0n) is 33.7. The highest BCUT2D eigenvalue weighted by Crippen LogP contribution is 2.43. The van der Waals surface area contributed by atoms with Gasteiger partial charge in [-0.3, -0.25) is 0 Å². The molecule has 12 aromatic carbocycles. The zero-order valence-corrected chi connectivity index (χ0v) is 33.7. The van der Waals surface area contributed by atoms with Gasteiger partial charge in [0.2, 0.25) is 0 Å². The number of fused-ring (bicyclic) bond motifs is 16. The first kappa shape index (κ1) is 33.6. The number of aromatic nitrogens is 2. The second kappa shape index (κ2) is 12.7. The van der Waals surface area contributed by atoms with Gasteiger partial charge in [-0.05, 0) is 114 Å². The molecular formula is C60H36N2. The quantitative estimate of drug-likeness (QED) is 0.158. The Labute approximate surface area is 356 Å². The highest BCUT2D eigenvalue weighted by molar-refractivity contribution is 6.25. The van der Waals surface area contributed by atoms with E-state index in [9.17, 15) is 0 Å². The van der Waals surface area contributed by atoms with Crippen molar-refractivity contribution < 1.29 is 0 Å². The van der Waals surface area contributed by atoms with Gasteiger partial charge in [0.1, 0.15) is 0 Å². The van der Waals surface area contributed by atoms with Crippen molar-refractivity contribution in [2.24, 2.45) is 0 Å². The Bertz CT molecular complexity index is 3940. The topological polar surface area (TPSA) is 9.86 Å². The molecular weight excluding hydrogens is 749 g/mol. The Morgan fingerprint density at radius 2 is 0.548 bits per heavy atom. The first-order valence-electron chi connectivity index (χ1n) is 21.5. The smallest absolute Gasteiger partial charge is 0.0546 e. The lowest BCUT2D eigenvalue weighted by molar-refractivity contribution is 1.20. The molecule has 0 atom stereocenters. The van der Waals surface area contributed by atoms with Gasteiger partial charge in [0.25, 0.3) is 0 Å². The van der Waals surface area contributed by atoms with Crippen molar-refractivity contribution in [2.45, 2.75) is 0 Å². The lowest BCUT2D eigenvalue weighted by Crippen LogP contribution is -1.97. The summed E-state index contributed by atoms with van der Waals surface area (Å²) in [5.41, 5.74) is 9.63. The molecule has 2 nitrogen and oxygen atoms in total. The Kier molecular flexibility index (Phi) is 6.86. The molecule has 2 heterocycles. The monoisotopic (exact) mass is 784 g/mol. The summed E-state index contributed by atoms with van der Waals surface area (Å²) in [5.74, 6) is 0. The van der Waals surface area contributed by atoms with Crippen molar-refractivity contribution in [3.63, 3.8) is 0 Å². The molecule has 0 unspecified atom stereocenters. The molecule has 286 valence electrons. The van der Waals surface area contributed by atoms with Crippen molar-refractivity contribution in [1.82, 2.24) is 9.13 Å². The van der Waals surface area contributed by atoms with E-state index in [1.54, 1.807) is 0 Å². The largest absolute Gasteiger partial charge is 0.309 e. The van der Waals surface area contributed by atoms with E-state index in [0.29, 0.717) is 0 Å². The van der Waals surface area contributed by atoms with Crippen LogP contribution in [-0.4, -0.2) is 9.13 Å². The maximum absolute atomic E-state index is 2.49. The van der Waals surface area contributed by atoms with Crippen LogP contribution in [0, 0.1) is 0 Å². The van der Waals surface area contributed by atoms with Crippen molar-refractivity contribution in [1.29, 1.82) is 0 Å². The summed E-state index contributed by atoms with van der Waals surface area (Å²) < 4.78 is 4.97. The summed E-state index contributed by atoms with van der Waals surface area (Å²) in [6.07, 6.45) is 0. The molecule has 0 spiro atoms. The number of hydrogen-bond donors (Lipinski definition) is 0. The number of rotatable bonds is 3. The fourth-order valence-corrected chi connectivity index (χ4v) is 10.9. The third-order valence-corrected chi connectivity index (χ3v) is 13.6. The molecule has 14 rings (SSSR count). The van der Waals surface area contributed by atoms with Crippen LogP contribution in [-0.2, 0) is 0 Å². The van der Waals surface area contributed by atoms with Gasteiger partial charge in [-0.1, -0.05) is 170 Å². The highest BCUT2D eigenvalue weighted by Gasteiger charge is 2.20. The van der Waals surface area contributed by atoms with Crippen molar-refractivity contribution in [2.75, 3.05) is 0 Å². The molecule has 0 amide bonds. The predicted molar refractivity (Wildman–Crippen MR) is 266 cm³/mol. The maximum atomic E-state index is 2.49. The number of benzene rings is 12. The Morgan fingerprint density at radius 1 is 0.210 bits per heavy atom. The second-order valence-corrected chi connectivity index (χ2v) is 16.8. The standard InChI is InChI=1S/C60H36N2/c1-3-15-43-37(13-1)25-27-41-35-57(45-17-5-7-21-49(45)59(41)43)61-53-23-11-9-19-47(53)51-33-39(29-31-55(51)61)40-30-32-56-52(34-40)48-20-10-12-24-54(48)62(56)58-36-42-28-26-38-14-2-4-16-44(38)60(42)50-22-8-6-18-46(50)58/h1-36H. The number of hydrogen-bond acceptors (Lipinski definition) is 0. The number of para-hydroxylation sites is 2. The molecule has 0 saturated carbocycles. The molecule has 0 N–H and O–H groups in total. The van der Waals surface area contributed by atoms with E-state index >= 15 is 0 Å². The Hall–Kier alpha value is -8.20. The molecule has 0 fully saturated rings. The van der Waals surface area contributed by atoms with E-state index < -0.39 is 0 Å². The van der Waals surface area contributed by atoms with E-state index in [1.807, 2.05) is 0 Å². The van der Waals surface area contributed by atoms with Crippen molar-refractivity contribution in [3.05, 3.63) is 218 Å². The van der Waals surface area contributed by atoms with E-state index in [1.165, 1.54) is 131 Å². The van der Waals surface area contributed by atoms with Crippen LogP contribution < -0.4 is 0 Å². The van der Waals surface area contributed by atoms with Gasteiger partial charge in [0.15, 0.2) is 0 Å². The second-order valence-electron chi connectivity index (χ2n) is 16.8. The normalized spacial score (nSPS) is 12.2. The van der Waals surface area contributed by atoms with Gasteiger partial charge in [-0.25, -0.2) is 0 Å². The number of nitrogens with zero attached hydrogens (tertiary/aromatic N) is 2. The Morgan fingerprint density at radius 3 is 1.00 bits per heavy atom. The summed E-state index contributed by atoms with van der Waals surface area (Å²) in [7, 11) is 0. The molecule has 0 bridgehead atoms. The van der Waals surface area contributed by atoms with Crippen LogP contribution in [0.2, 0.25) is 0 Å². The Balaban J connectivity index is 0.977. The minimum Gasteiger partial charge on any atom is -0.309 e. The van der Waals surface area contributed by atoms with E-state index in [2.05, 4.69) is 228 Å². The first-order chi connectivity index (χ1) is 30.8. The fourth-order valence-electron chi connectivity index (χ4n) is 10.9. The third-order valence-electron chi connectivity index (χ3n) is 13.6. The summed E-state index contributed by atoms with van der Waals surface area (Å²) >= 11 is 0. The molecule has 14 aromatic rings. The van der Waals surface area contributed by atoms with Gasteiger partial charge < -0.3 is 9.13 Å². The maximum Gasteiger partial charge on any atom is 0.0546 e. The van der Waals surface area contributed by atoms with Crippen LogP contribution in [0.1, 0.15) is 0 Å². The van der Waals surface area contributed by atoms with Crippen molar-refractivity contribution in [3.8, 4) is 22.5 Å². The van der Waals surface area contributed by atoms with Crippen LogP contribution in [0.5, 0.6) is 0 Å². The van der Waals surface area contributed by atoms with Gasteiger partial charge in [-0.2, -0.15) is 0 Å². The van der Waals surface area contributed by atoms with Gasteiger partial charge in [-0.15, -0.1) is 0 Å². The molecule has 2 aromatic heterocycles. The van der Waals surface area contributed by atoms with Gasteiger partial charge >= 0.3 is 0 Å². The predicted octanol–water partition coefficient (Wildman–Crippen LogP) is 16.5. The summed E-state index contributed by atoms with van der Waals surface area (Å²) in [6.45, 7) is 0. The minimum atomic E-state index is 1.20. The third kappa shape index (κ3) is 4.64. The highest BCUT2D eigenvalue weighted by atomic mass is 15.0. The SMILES string of the molecule is c1ccc2c(c1)ccc1cc(-n3c4ccccc4c4cc(-c5ccc6c(c5)c5ccccc5n6-c5cc6ccc7ccccc7c6c6ccccc56)ccc43)c3ccccc3c12. The molecule has 0 aliphatic carbocycles. The van der Waals surface area contributed by atoms with Gasteiger partial charge in [0.05, 0.1) is 33.4 Å². The van der Waals surface area contributed by atoms with Gasteiger partial charge in [0, 0.05) is 32.3 Å². The van der Waals surface area contributed by atoms with E-state index in [0.717, 1.165) is 0 Å². The van der Waals surface area contributed by atoms with E-state index in [4.69, 9.17) is 0 Å². The average Bonchev–Trinajstić information content (AvgIpc) is 3.85. The van der Waals surface area contributed by atoms with Crippen molar-refractivity contribution >= 4 is 108 Å². The lowest BCUT2D eigenvalue weighted by Gasteiger charge is -2.16. The fraction of sp³-hybridized carbons (Fsp3) is 0. The van der Waals surface area contributed by atoms with Crippen LogP contribution in [0.3, 0.4) is 0 Å². The zero-order chi connectivity index (χ0) is 40.5. The molecule has 2 heteroatoms. The van der Waals surface area contributed by atoms with Crippen LogP contribution >= 0.6 is 0 Å².